The Kier molecular flexibility index (Phi) is 42.9. The summed E-state index contributed by atoms with van der Waals surface area (Å²) in [6.45, 7) is 5.10. The smallest absolute Gasteiger partial charge is 0.870 e. The van der Waals surface area contributed by atoms with E-state index in [1.54, 1.807) is 20.8 Å². The SMILES string of the molecule is CCOC(=O)CBr.CCOC(=O)COc1nc(Cl)c(Cl)cc1Cl.CCOC(=O)COc1nc(Cl)c(Cl)cc1Cl.Cl.O=C(O)COc1nc(Cl)c(Cl)cc1Cl.O=c1[nH]c(Cl)c(Cl)cc1Cl.[Na+].[OH-]. The summed E-state index contributed by atoms with van der Waals surface area (Å²) in [5.74, 6) is -2.31. The Bertz CT molecular complexity index is 2150. The van der Waals surface area contributed by atoms with Gasteiger partial charge in [-0.05, 0) is 45.0 Å². The minimum atomic E-state index is -1.13. The normalized spacial score (nSPS) is 9.33. The number of aliphatic carboxylic acids is 1. The monoisotopic (exact) mass is 1260 g/mol. The number of hydrogen-bond acceptors (Lipinski definition) is 15. The van der Waals surface area contributed by atoms with Gasteiger partial charge in [-0.3, -0.25) is 9.59 Å². The average Bonchev–Trinajstić information content (AvgIpc) is 3.21. The van der Waals surface area contributed by atoms with E-state index in [2.05, 4.69) is 50.1 Å². The Morgan fingerprint density at radius 2 is 0.848 bits per heavy atom. The molecule has 4 aromatic heterocycles. The van der Waals surface area contributed by atoms with Gasteiger partial charge in [0, 0.05) is 0 Å². The summed E-state index contributed by atoms with van der Waals surface area (Å²) >= 11 is 70.3. The molecular formula is C34H31BrCl13N4NaO13. The molecule has 0 aliphatic rings. The van der Waals surface area contributed by atoms with Gasteiger partial charge in [-0.2, -0.15) is 15.0 Å². The number of nitrogens with one attached hydrogen (secondary N) is 1. The van der Waals surface area contributed by atoms with Gasteiger partial charge in [0.2, 0.25) is 17.6 Å². The molecule has 0 fully saturated rings. The van der Waals surface area contributed by atoms with E-state index in [-0.39, 0.29) is 158 Å². The van der Waals surface area contributed by atoms with Crippen molar-refractivity contribution in [1.82, 2.24) is 19.9 Å². The Hall–Kier alpha value is -1.11. The summed E-state index contributed by atoms with van der Waals surface area (Å²) in [5.41, 5.74) is -0.434. The van der Waals surface area contributed by atoms with Crippen LogP contribution in [-0.4, -0.2) is 99.4 Å². The third-order valence-electron chi connectivity index (χ3n) is 5.48. The average molecular weight is 1270 g/mol. The van der Waals surface area contributed by atoms with Crippen LogP contribution >= 0.6 is 168 Å². The molecule has 0 bridgehead atoms. The fourth-order valence-corrected chi connectivity index (χ4v) is 5.34. The van der Waals surface area contributed by atoms with Crippen molar-refractivity contribution >= 4 is 191 Å². The summed E-state index contributed by atoms with van der Waals surface area (Å²) in [6.07, 6.45) is 0. The van der Waals surface area contributed by atoms with Crippen molar-refractivity contribution in [3.63, 3.8) is 0 Å². The number of rotatable bonds is 13. The number of aromatic amines is 1. The van der Waals surface area contributed by atoms with Crippen LogP contribution < -0.4 is 49.3 Å². The zero-order valence-electron chi connectivity index (χ0n) is 33.8. The fourth-order valence-electron chi connectivity index (χ4n) is 3.04. The fraction of sp³-hybridized carbons (Fsp3) is 0.294. The third-order valence-corrected chi connectivity index (χ3v) is 9.74. The van der Waals surface area contributed by atoms with E-state index >= 15 is 0 Å². The van der Waals surface area contributed by atoms with Crippen LogP contribution in [0.3, 0.4) is 0 Å². The van der Waals surface area contributed by atoms with E-state index in [0.717, 1.165) is 0 Å². The number of nitrogens with zero attached hydrogens (tertiary/aromatic N) is 3. The molecule has 0 spiro atoms. The zero-order valence-corrected chi connectivity index (χ0v) is 47.3. The maximum atomic E-state index is 11.0. The molecule has 32 heteroatoms. The molecule has 17 nitrogen and oxygen atoms in total. The number of aromatic nitrogens is 4. The van der Waals surface area contributed by atoms with Crippen molar-refractivity contribution in [3.8, 4) is 17.6 Å². The second-order valence-electron chi connectivity index (χ2n) is 10.1. The van der Waals surface area contributed by atoms with Crippen LogP contribution in [0.15, 0.2) is 29.1 Å². The number of hydrogen-bond donors (Lipinski definition) is 2. The zero-order chi connectivity index (χ0) is 48.4. The molecule has 0 aliphatic heterocycles. The van der Waals surface area contributed by atoms with Crippen LogP contribution in [0.4, 0.5) is 0 Å². The molecule has 66 heavy (non-hydrogen) atoms. The summed E-state index contributed by atoms with van der Waals surface area (Å²) in [7, 11) is 0. The third kappa shape index (κ3) is 30.5. The van der Waals surface area contributed by atoms with E-state index in [0.29, 0.717) is 11.9 Å². The molecule has 0 unspecified atom stereocenters. The molecular weight excluding hydrogens is 1240 g/mol. The summed E-state index contributed by atoms with van der Waals surface area (Å²) in [6, 6.07) is 5.40. The molecule has 4 rings (SSSR count). The number of carboxylic acid groups (broad SMARTS) is 1. The van der Waals surface area contributed by atoms with Crippen LogP contribution in [0.1, 0.15) is 20.8 Å². The van der Waals surface area contributed by atoms with E-state index in [4.69, 9.17) is 159 Å². The summed E-state index contributed by atoms with van der Waals surface area (Å²) in [5, 5.41) is 10.2. The van der Waals surface area contributed by atoms with Gasteiger partial charge < -0.3 is 44.0 Å². The first-order valence-electron chi connectivity index (χ1n) is 16.4. The van der Waals surface area contributed by atoms with Gasteiger partial charge in [-0.15, -0.1) is 12.4 Å². The molecule has 0 radical (unpaired) electrons. The van der Waals surface area contributed by atoms with Gasteiger partial charge in [-0.1, -0.05) is 155 Å². The van der Waals surface area contributed by atoms with Crippen LogP contribution in [-0.2, 0) is 33.4 Å². The quantitative estimate of drug-likeness (QED) is 0.0417. The second-order valence-corrected chi connectivity index (χ2v) is 15.3. The first kappa shape index (κ1) is 71.4. The molecule has 0 atom stereocenters. The number of carbonyl (C=O) groups excluding carboxylic acids is 3. The summed E-state index contributed by atoms with van der Waals surface area (Å²) < 4.78 is 28.6. The first-order chi connectivity index (χ1) is 29.5. The maximum absolute atomic E-state index is 11.0. The predicted molar refractivity (Wildman–Crippen MR) is 257 cm³/mol. The van der Waals surface area contributed by atoms with Gasteiger partial charge in [0.15, 0.2) is 35.3 Å². The minimum Gasteiger partial charge on any atom is -0.870 e. The van der Waals surface area contributed by atoms with Crippen LogP contribution in [0.25, 0.3) is 0 Å². The maximum Gasteiger partial charge on any atom is 1.00 e. The van der Waals surface area contributed by atoms with Crippen molar-refractivity contribution < 1.29 is 87.7 Å². The predicted octanol–water partition coefficient (Wildman–Crippen LogP) is 9.00. The van der Waals surface area contributed by atoms with E-state index in [9.17, 15) is 24.0 Å². The largest absolute Gasteiger partial charge is 1.00 e. The van der Waals surface area contributed by atoms with Gasteiger partial charge >= 0.3 is 53.4 Å². The van der Waals surface area contributed by atoms with E-state index < -0.39 is 30.1 Å². The number of carboxylic acids is 1. The summed E-state index contributed by atoms with van der Waals surface area (Å²) in [4.78, 5) is 66.5. The van der Waals surface area contributed by atoms with Gasteiger partial charge in [0.05, 0.1) is 39.9 Å². The van der Waals surface area contributed by atoms with Gasteiger partial charge in [0.25, 0.3) is 5.56 Å². The standard InChI is InChI=1S/2C9H8Cl3NO3.C7H4Cl3NO3.C5H2Cl3NO.C4H7BrO2.ClH.Na.H2O/c2*1-2-15-7(14)4-16-9-6(11)3-5(10)8(12)13-9;8-3-1-4(9)7(11-6(3)10)14-2-5(12)13;6-2-1-3(7)5(10)9-4(2)8;1-2-7-4(6)3-5;;;/h2*3H,2,4H2,1H3;1H,2H2,(H,12,13);1H,(H,9,10);2-3H2,1H3;1H;;1H2/q;;;;;;+1;/p-1. The Morgan fingerprint density at radius 1 is 0.545 bits per heavy atom. The Labute approximate surface area is 472 Å². The first-order valence-corrected chi connectivity index (χ1v) is 22.1. The van der Waals surface area contributed by atoms with Crippen LogP contribution in [0.5, 0.6) is 17.6 Å². The van der Waals surface area contributed by atoms with E-state index in [1.807, 2.05) is 0 Å². The number of H-pyrrole nitrogens is 1. The molecule has 4 heterocycles. The van der Waals surface area contributed by atoms with Crippen LogP contribution in [0.2, 0.25) is 60.8 Å². The van der Waals surface area contributed by atoms with Crippen molar-refractivity contribution in [1.29, 1.82) is 0 Å². The Balaban J connectivity index is -0.000000369. The molecule has 3 N–H and O–H groups in total. The molecule has 364 valence electrons. The Morgan fingerprint density at radius 3 is 1.12 bits per heavy atom. The number of halogens is 14. The van der Waals surface area contributed by atoms with Crippen molar-refractivity contribution in [2.75, 3.05) is 45.0 Å². The molecule has 0 saturated heterocycles. The number of pyridine rings is 4. The molecule has 4 aromatic rings. The number of esters is 3. The number of alkyl halides is 1. The number of carbonyl (C=O) groups is 4. The van der Waals surface area contributed by atoms with Crippen molar-refractivity contribution in [2.24, 2.45) is 0 Å². The van der Waals surface area contributed by atoms with Crippen molar-refractivity contribution in [2.45, 2.75) is 20.8 Å². The van der Waals surface area contributed by atoms with Gasteiger partial charge in [-0.25, -0.2) is 14.4 Å². The molecule has 0 aliphatic carbocycles. The molecule has 0 saturated carbocycles. The topological polar surface area (TPSA) is 245 Å². The van der Waals surface area contributed by atoms with E-state index in [1.165, 1.54) is 24.3 Å². The minimum absolute atomic E-state index is 0. The number of ether oxygens (including phenoxy) is 6. The van der Waals surface area contributed by atoms with Gasteiger partial charge in [0.1, 0.15) is 30.6 Å². The van der Waals surface area contributed by atoms with Crippen molar-refractivity contribution in [3.05, 3.63) is 95.4 Å². The second kappa shape index (κ2) is 39.6. The molecule has 0 aromatic carbocycles. The molecule has 0 amide bonds. The van der Waals surface area contributed by atoms with Crippen LogP contribution in [0, 0.1) is 0 Å².